The molecule has 9 heteroatoms. The van der Waals surface area contributed by atoms with Gasteiger partial charge in [-0.3, -0.25) is 0 Å². The summed E-state index contributed by atoms with van der Waals surface area (Å²) < 4.78 is 34.3. The van der Waals surface area contributed by atoms with Gasteiger partial charge < -0.3 is 14.2 Å². The van der Waals surface area contributed by atoms with E-state index in [0.29, 0.717) is 29.7 Å². The third-order valence-electron chi connectivity index (χ3n) is 7.31. The van der Waals surface area contributed by atoms with Gasteiger partial charge in [-0.15, -0.1) is 0 Å². The largest absolute Gasteiger partial charge is 0.478 e. The van der Waals surface area contributed by atoms with Crippen LogP contribution in [0.15, 0.2) is 27.7 Å². The first-order valence-corrected chi connectivity index (χ1v) is 13.5. The number of aromatic nitrogens is 3. The molecule has 2 unspecified atom stereocenters. The van der Waals surface area contributed by atoms with Crippen LogP contribution in [0.2, 0.25) is 0 Å². The zero-order valence-electron chi connectivity index (χ0n) is 19.5. The van der Waals surface area contributed by atoms with E-state index in [1.54, 1.807) is 12.1 Å². The summed E-state index contributed by atoms with van der Waals surface area (Å²) in [5, 5.41) is 4.17. The third kappa shape index (κ3) is 4.77. The van der Waals surface area contributed by atoms with Crippen LogP contribution in [0.3, 0.4) is 0 Å². The summed E-state index contributed by atoms with van der Waals surface area (Å²) >= 11 is 0. The summed E-state index contributed by atoms with van der Waals surface area (Å²) in [5.74, 6) is 3.56. The lowest BCUT2D eigenvalue weighted by atomic mass is 9.78. The topological polar surface area (TPSA) is 98.4 Å². The summed E-state index contributed by atoms with van der Waals surface area (Å²) in [7, 11) is -3.23. The molecule has 0 radical (unpaired) electrons. The third-order valence-corrected chi connectivity index (χ3v) is 8.40. The van der Waals surface area contributed by atoms with Gasteiger partial charge in [0.15, 0.2) is 9.84 Å². The molecule has 2 aliphatic rings. The Morgan fingerprint density at radius 3 is 2.59 bits per heavy atom. The van der Waals surface area contributed by atoms with Gasteiger partial charge in [0, 0.05) is 37.5 Å². The molecule has 2 aromatic heterocycles. The fourth-order valence-electron chi connectivity index (χ4n) is 5.23. The second-order valence-electron chi connectivity index (χ2n) is 9.58. The molecule has 2 aromatic rings. The Morgan fingerprint density at radius 2 is 2.03 bits per heavy atom. The molecular formula is C23H34N4O4S. The minimum Gasteiger partial charge on any atom is -0.478 e. The Bertz CT molecular complexity index is 1010. The molecule has 1 saturated heterocycles. The fraction of sp³-hybridized carbons (Fsp3) is 0.696. The van der Waals surface area contributed by atoms with E-state index in [-0.39, 0.29) is 10.8 Å². The summed E-state index contributed by atoms with van der Waals surface area (Å²) in [6.45, 7) is 9.00. The van der Waals surface area contributed by atoms with E-state index < -0.39 is 9.84 Å². The lowest BCUT2D eigenvalue weighted by Gasteiger charge is -2.36. The normalized spacial score (nSPS) is 24.2. The number of ether oxygens (including phenoxy) is 1. The molecule has 0 bridgehead atoms. The van der Waals surface area contributed by atoms with E-state index >= 15 is 0 Å². The Kier molecular flexibility index (Phi) is 6.47. The molecule has 0 spiro atoms. The number of hydrogen-bond donors (Lipinski definition) is 0. The quantitative estimate of drug-likeness (QED) is 0.549. The van der Waals surface area contributed by atoms with Crippen LogP contribution in [0.4, 0.5) is 5.95 Å². The molecule has 0 N–H and O–H groups in total. The first-order valence-electron chi connectivity index (χ1n) is 11.6. The standard InChI is InChI=1S/C23H34N4O4S/c1-5-23(17-8-11-27(12-9-17)22-25-21(16(2)3)31-26-22)14-18(23)10-13-30-20-7-6-19(15-24-20)32(4,28)29/h6-7,15-18H,5,8-14H2,1-4H3. The van der Waals surface area contributed by atoms with Gasteiger partial charge in [0.05, 0.1) is 11.5 Å². The molecule has 8 nitrogen and oxygen atoms in total. The van der Waals surface area contributed by atoms with Crippen LogP contribution >= 0.6 is 0 Å². The van der Waals surface area contributed by atoms with Gasteiger partial charge in [-0.2, -0.15) is 4.98 Å². The maximum absolute atomic E-state index is 11.5. The van der Waals surface area contributed by atoms with Crippen molar-refractivity contribution in [2.24, 2.45) is 17.3 Å². The Morgan fingerprint density at radius 1 is 1.28 bits per heavy atom. The van der Waals surface area contributed by atoms with E-state index in [1.807, 2.05) is 0 Å². The summed E-state index contributed by atoms with van der Waals surface area (Å²) in [6, 6.07) is 3.18. The number of pyridine rings is 1. The van der Waals surface area contributed by atoms with Crippen molar-refractivity contribution in [1.29, 1.82) is 0 Å². The van der Waals surface area contributed by atoms with Crippen molar-refractivity contribution in [1.82, 2.24) is 15.1 Å². The zero-order valence-corrected chi connectivity index (χ0v) is 20.3. The molecule has 0 aromatic carbocycles. The zero-order chi connectivity index (χ0) is 22.9. The molecule has 1 aliphatic heterocycles. The molecular weight excluding hydrogens is 428 g/mol. The number of anilines is 1. The number of nitrogens with zero attached hydrogens (tertiary/aromatic N) is 4. The van der Waals surface area contributed by atoms with Crippen LogP contribution in [0.1, 0.15) is 64.7 Å². The minimum atomic E-state index is -3.23. The first kappa shape index (κ1) is 23.0. The van der Waals surface area contributed by atoms with Gasteiger partial charge in [-0.25, -0.2) is 13.4 Å². The summed E-state index contributed by atoms with van der Waals surface area (Å²) in [6.07, 6.45) is 8.32. The van der Waals surface area contributed by atoms with Gasteiger partial charge in [0.25, 0.3) is 5.95 Å². The predicted octanol–water partition coefficient (Wildman–Crippen LogP) is 4.09. The van der Waals surface area contributed by atoms with Crippen LogP contribution < -0.4 is 9.64 Å². The maximum Gasteiger partial charge on any atom is 0.266 e. The molecule has 1 aliphatic carbocycles. The smallest absolute Gasteiger partial charge is 0.266 e. The van der Waals surface area contributed by atoms with Crippen molar-refractivity contribution in [2.75, 3.05) is 30.9 Å². The van der Waals surface area contributed by atoms with Crippen molar-refractivity contribution in [3.8, 4) is 5.88 Å². The first-order chi connectivity index (χ1) is 15.2. The van der Waals surface area contributed by atoms with Crippen molar-refractivity contribution in [2.45, 2.75) is 63.7 Å². The van der Waals surface area contributed by atoms with Crippen molar-refractivity contribution in [3.05, 3.63) is 24.2 Å². The van der Waals surface area contributed by atoms with Crippen LogP contribution in [-0.4, -0.2) is 49.5 Å². The molecule has 0 amide bonds. The van der Waals surface area contributed by atoms with Crippen LogP contribution in [0.25, 0.3) is 0 Å². The average Bonchev–Trinajstić information content (AvgIpc) is 3.25. The molecule has 176 valence electrons. The Balaban J connectivity index is 1.26. The van der Waals surface area contributed by atoms with Gasteiger partial charge >= 0.3 is 0 Å². The molecule has 2 atom stereocenters. The van der Waals surface area contributed by atoms with E-state index in [0.717, 1.165) is 44.2 Å². The highest BCUT2D eigenvalue weighted by Crippen LogP contribution is 2.64. The number of rotatable bonds is 9. The summed E-state index contributed by atoms with van der Waals surface area (Å²) in [5.41, 5.74) is 0.420. The Hall–Kier alpha value is -2.16. The highest BCUT2D eigenvalue weighted by molar-refractivity contribution is 7.90. The van der Waals surface area contributed by atoms with Gasteiger partial charge in [-0.05, 0) is 60.6 Å². The molecule has 4 rings (SSSR count). The second kappa shape index (κ2) is 9.00. The highest BCUT2D eigenvalue weighted by Gasteiger charge is 2.56. The monoisotopic (exact) mass is 462 g/mol. The maximum atomic E-state index is 11.5. The fourth-order valence-corrected chi connectivity index (χ4v) is 5.79. The SMILES string of the molecule is CCC1(C2CCN(c3noc(C(C)C)n3)CC2)CC1CCOc1ccc(S(C)(=O)=O)cn1. The highest BCUT2D eigenvalue weighted by atomic mass is 32.2. The lowest BCUT2D eigenvalue weighted by molar-refractivity contribution is 0.205. The Labute approximate surface area is 190 Å². The van der Waals surface area contributed by atoms with Crippen molar-refractivity contribution in [3.63, 3.8) is 0 Å². The molecule has 32 heavy (non-hydrogen) atoms. The minimum absolute atomic E-state index is 0.213. The molecule has 1 saturated carbocycles. The number of piperidine rings is 1. The van der Waals surface area contributed by atoms with E-state index in [4.69, 9.17) is 9.26 Å². The van der Waals surface area contributed by atoms with E-state index in [2.05, 4.69) is 40.8 Å². The van der Waals surface area contributed by atoms with E-state index in [9.17, 15) is 8.42 Å². The van der Waals surface area contributed by atoms with Gasteiger partial charge in [0.1, 0.15) is 0 Å². The van der Waals surface area contributed by atoms with Gasteiger partial charge in [-0.1, -0.05) is 20.8 Å². The van der Waals surface area contributed by atoms with Crippen LogP contribution in [0.5, 0.6) is 5.88 Å². The molecule has 3 heterocycles. The number of sulfone groups is 1. The number of hydrogen-bond acceptors (Lipinski definition) is 8. The van der Waals surface area contributed by atoms with Crippen LogP contribution in [-0.2, 0) is 9.84 Å². The predicted molar refractivity (Wildman–Crippen MR) is 122 cm³/mol. The lowest BCUT2D eigenvalue weighted by Crippen LogP contribution is -2.37. The average molecular weight is 463 g/mol. The second-order valence-corrected chi connectivity index (χ2v) is 11.6. The van der Waals surface area contributed by atoms with Gasteiger partial charge in [0.2, 0.25) is 11.8 Å². The molecule has 2 fully saturated rings. The summed E-state index contributed by atoms with van der Waals surface area (Å²) in [4.78, 5) is 11.1. The van der Waals surface area contributed by atoms with E-state index in [1.165, 1.54) is 25.3 Å². The van der Waals surface area contributed by atoms with Crippen LogP contribution in [0, 0.1) is 17.3 Å². The van der Waals surface area contributed by atoms with Crippen molar-refractivity contribution < 1.29 is 17.7 Å². The van der Waals surface area contributed by atoms with Crippen molar-refractivity contribution >= 4 is 15.8 Å².